The van der Waals surface area contributed by atoms with Crippen molar-refractivity contribution in [3.05, 3.63) is 35.1 Å². The number of benzene rings is 1. The van der Waals surface area contributed by atoms with Gasteiger partial charge in [-0.05, 0) is 49.4 Å². The molecule has 2 fully saturated rings. The Morgan fingerprint density at radius 2 is 2.10 bits per heavy atom. The van der Waals surface area contributed by atoms with E-state index in [1.54, 1.807) is 6.92 Å². The Balaban J connectivity index is 1.93. The number of nitrogens with zero attached hydrogens (tertiary/aromatic N) is 1. The highest BCUT2D eigenvalue weighted by molar-refractivity contribution is 8.00. The zero-order valence-electron chi connectivity index (χ0n) is 11.6. The first-order valence-electron chi connectivity index (χ1n) is 6.92. The maximum absolute atomic E-state index is 13.2. The molecule has 2 unspecified atom stereocenters. The zero-order chi connectivity index (χ0) is 15.1. The number of carbonyl (C=O) groups is 2. The van der Waals surface area contributed by atoms with E-state index in [0.717, 1.165) is 12.8 Å². The summed E-state index contributed by atoms with van der Waals surface area (Å²) in [5.41, 5.74) is 0.923. The molecule has 112 valence electrons. The van der Waals surface area contributed by atoms with Gasteiger partial charge in [-0.1, -0.05) is 0 Å². The summed E-state index contributed by atoms with van der Waals surface area (Å²) in [4.78, 5) is 25.7. The number of hydrogen-bond acceptors (Lipinski definition) is 3. The Labute approximate surface area is 126 Å². The second-order valence-electron chi connectivity index (χ2n) is 5.59. The van der Waals surface area contributed by atoms with E-state index < -0.39 is 17.8 Å². The van der Waals surface area contributed by atoms with Crippen LogP contribution >= 0.6 is 11.8 Å². The number of halogens is 1. The molecule has 1 saturated heterocycles. The quantitative estimate of drug-likeness (QED) is 0.932. The van der Waals surface area contributed by atoms with Gasteiger partial charge >= 0.3 is 5.97 Å². The van der Waals surface area contributed by atoms with E-state index >= 15 is 0 Å². The third-order valence-electron chi connectivity index (χ3n) is 4.00. The highest BCUT2D eigenvalue weighted by Crippen LogP contribution is 2.46. The van der Waals surface area contributed by atoms with E-state index in [1.165, 1.54) is 34.9 Å². The molecule has 21 heavy (non-hydrogen) atoms. The fourth-order valence-corrected chi connectivity index (χ4v) is 4.36. The number of carboxylic acids is 1. The summed E-state index contributed by atoms with van der Waals surface area (Å²) >= 11 is 1.54. The predicted octanol–water partition coefficient (Wildman–Crippen LogP) is 2.51. The van der Waals surface area contributed by atoms with Crippen molar-refractivity contribution in [2.75, 3.05) is 5.75 Å². The molecule has 6 heteroatoms. The molecule has 1 aromatic carbocycles. The number of carbonyl (C=O) groups excluding carboxylic acids is 1. The van der Waals surface area contributed by atoms with E-state index in [9.17, 15) is 19.1 Å². The third-order valence-corrected chi connectivity index (χ3v) is 5.46. The van der Waals surface area contributed by atoms with Crippen LogP contribution in [0.15, 0.2) is 18.2 Å². The summed E-state index contributed by atoms with van der Waals surface area (Å²) in [7, 11) is 0. The van der Waals surface area contributed by atoms with Gasteiger partial charge in [0, 0.05) is 11.3 Å². The van der Waals surface area contributed by atoms with Gasteiger partial charge in [0.05, 0.1) is 5.37 Å². The third kappa shape index (κ3) is 2.64. The molecule has 0 spiro atoms. The first-order valence-corrected chi connectivity index (χ1v) is 7.97. The van der Waals surface area contributed by atoms with Gasteiger partial charge < -0.3 is 10.0 Å². The van der Waals surface area contributed by atoms with Crippen molar-refractivity contribution in [3.8, 4) is 0 Å². The summed E-state index contributed by atoms with van der Waals surface area (Å²) in [5, 5.41) is 9.28. The molecule has 3 rings (SSSR count). The van der Waals surface area contributed by atoms with Crippen LogP contribution in [0.5, 0.6) is 0 Å². The normalized spacial score (nSPS) is 25.1. The van der Waals surface area contributed by atoms with E-state index in [1.807, 2.05) is 0 Å². The molecular formula is C15H16FNO3S. The fraction of sp³-hybridized carbons (Fsp3) is 0.467. The van der Waals surface area contributed by atoms with Crippen molar-refractivity contribution < 1.29 is 19.1 Å². The largest absolute Gasteiger partial charge is 0.480 e. The van der Waals surface area contributed by atoms with Gasteiger partial charge in [-0.2, -0.15) is 0 Å². The zero-order valence-corrected chi connectivity index (χ0v) is 12.4. The van der Waals surface area contributed by atoms with E-state index in [-0.39, 0.29) is 11.3 Å². The monoisotopic (exact) mass is 309 g/mol. The van der Waals surface area contributed by atoms with E-state index in [0.29, 0.717) is 22.8 Å². The lowest BCUT2D eigenvalue weighted by Crippen LogP contribution is -2.46. The second kappa shape index (κ2) is 5.33. The smallest absolute Gasteiger partial charge is 0.327 e. The summed E-state index contributed by atoms with van der Waals surface area (Å²) in [6.45, 7) is 1.67. The van der Waals surface area contributed by atoms with Crippen LogP contribution in [0, 0.1) is 18.7 Å². The lowest BCUT2D eigenvalue weighted by Gasteiger charge is -2.28. The Kier molecular flexibility index (Phi) is 3.65. The average molecular weight is 309 g/mol. The molecule has 0 aromatic heterocycles. The van der Waals surface area contributed by atoms with Gasteiger partial charge in [-0.25, -0.2) is 9.18 Å². The van der Waals surface area contributed by atoms with Crippen LogP contribution in [0.3, 0.4) is 0 Å². The molecule has 0 bridgehead atoms. The Morgan fingerprint density at radius 1 is 1.38 bits per heavy atom. The number of hydrogen-bond donors (Lipinski definition) is 1. The van der Waals surface area contributed by atoms with E-state index in [4.69, 9.17) is 0 Å². The number of amides is 1. The van der Waals surface area contributed by atoms with Gasteiger partial charge in [0.25, 0.3) is 5.91 Å². The number of carboxylic acid groups (broad SMARTS) is 1. The molecule has 1 saturated carbocycles. The fourth-order valence-electron chi connectivity index (χ4n) is 2.73. The molecule has 2 atom stereocenters. The molecule has 1 N–H and O–H groups in total. The van der Waals surface area contributed by atoms with Crippen LogP contribution in [0.2, 0.25) is 0 Å². The Hall–Kier alpha value is -1.56. The summed E-state index contributed by atoms with van der Waals surface area (Å²) in [6, 6.07) is 3.19. The molecule has 1 aliphatic carbocycles. The van der Waals surface area contributed by atoms with Gasteiger partial charge in [0.1, 0.15) is 11.9 Å². The van der Waals surface area contributed by atoms with Gasteiger partial charge in [0.2, 0.25) is 0 Å². The number of rotatable bonds is 3. The topological polar surface area (TPSA) is 57.6 Å². The van der Waals surface area contributed by atoms with Gasteiger partial charge in [-0.3, -0.25) is 4.79 Å². The predicted molar refractivity (Wildman–Crippen MR) is 77.7 cm³/mol. The van der Waals surface area contributed by atoms with Crippen LogP contribution in [-0.2, 0) is 4.79 Å². The minimum absolute atomic E-state index is 0.0666. The minimum Gasteiger partial charge on any atom is -0.480 e. The molecule has 1 aliphatic heterocycles. The standard InChI is InChI=1S/C15H16FNO3S/c1-8-6-10(16)4-5-11(8)13(18)17-12(15(19)20)7-21-14(17)9-2-3-9/h4-6,9,12,14H,2-3,7H2,1H3,(H,19,20). The summed E-state index contributed by atoms with van der Waals surface area (Å²) in [6.07, 6.45) is 2.08. The molecule has 0 radical (unpaired) electrons. The Morgan fingerprint density at radius 3 is 2.67 bits per heavy atom. The van der Waals surface area contributed by atoms with Crippen molar-refractivity contribution >= 4 is 23.6 Å². The van der Waals surface area contributed by atoms with Crippen molar-refractivity contribution in [2.24, 2.45) is 5.92 Å². The lowest BCUT2D eigenvalue weighted by atomic mass is 10.1. The highest BCUT2D eigenvalue weighted by Gasteiger charge is 2.48. The second-order valence-corrected chi connectivity index (χ2v) is 6.74. The van der Waals surface area contributed by atoms with Crippen LogP contribution in [-0.4, -0.2) is 39.1 Å². The average Bonchev–Trinajstić information content (AvgIpc) is 3.16. The van der Waals surface area contributed by atoms with Crippen LogP contribution in [0.1, 0.15) is 28.8 Å². The van der Waals surface area contributed by atoms with Crippen LogP contribution in [0.25, 0.3) is 0 Å². The molecule has 1 heterocycles. The first-order chi connectivity index (χ1) is 9.99. The molecule has 4 nitrogen and oxygen atoms in total. The maximum Gasteiger partial charge on any atom is 0.327 e. The molecular weight excluding hydrogens is 293 g/mol. The van der Waals surface area contributed by atoms with Gasteiger partial charge in [-0.15, -0.1) is 11.8 Å². The molecule has 1 aromatic rings. The number of aryl methyl sites for hydroxylation is 1. The van der Waals surface area contributed by atoms with Gasteiger partial charge in [0.15, 0.2) is 0 Å². The maximum atomic E-state index is 13.2. The van der Waals surface area contributed by atoms with E-state index in [2.05, 4.69) is 0 Å². The molecule has 2 aliphatic rings. The lowest BCUT2D eigenvalue weighted by molar-refractivity contribution is -0.141. The Bertz CT molecular complexity index is 603. The van der Waals surface area contributed by atoms with Crippen LogP contribution in [0.4, 0.5) is 4.39 Å². The first kappa shape index (κ1) is 14.4. The number of aliphatic carboxylic acids is 1. The summed E-state index contributed by atoms with van der Waals surface area (Å²) in [5.74, 6) is -0.861. The van der Waals surface area contributed by atoms with Crippen LogP contribution < -0.4 is 0 Å². The van der Waals surface area contributed by atoms with Crippen molar-refractivity contribution in [1.29, 1.82) is 0 Å². The summed E-state index contributed by atoms with van der Waals surface area (Å²) < 4.78 is 13.2. The molecule has 1 amide bonds. The van der Waals surface area contributed by atoms with Crippen molar-refractivity contribution in [2.45, 2.75) is 31.2 Å². The number of thioether (sulfide) groups is 1. The minimum atomic E-state index is -0.973. The SMILES string of the molecule is Cc1cc(F)ccc1C(=O)N1C(C(=O)O)CSC1C1CC1. The van der Waals surface area contributed by atoms with Crippen molar-refractivity contribution in [1.82, 2.24) is 4.90 Å². The van der Waals surface area contributed by atoms with Crippen molar-refractivity contribution in [3.63, 3.8) is 0 Å². The highest BCUT2D eigenvalue weighted by atomic mass is 32.2.